The van der Waals surface area contributed by atoms with Gasteiger partial charge in [-0.2, -0.15) is 4.52 Å². The Morgan fingerprint density at radius 2 is 2.12 bits per heavy atom. The second-order valence-electron chi connectivity index (χ2n) is 7.03. The van der Waals surface area contributed by atoms with Gasteiger partial charge < -0.3 is 10.0 Å². The largest absolute Gasteiger partial charge is 0.391 e. The minimum absolute atomic E-state index is 0.117. The first-order valence-corrected chi connectivity index (χ1v) is 9.82. The first kappa shape index (κ1) is 16.0. The lowest BCUT2D eigenvalue weighted by Crippen LogP contribution is -2.36. The zero-order valence-corrected chi connectivity index (χ0v) is 14.8. The Hall–Kier alpha value is -1.47. The van der Waals surface area contributed by atoms with Crippen LogP contribution in [0.1, 0.15) is 51.1 Å². The number of aromatic nitrogens is 3. The highest BCUT2D eigenvalue weighted by molar-refractivity contribution is 7.20. The second kappa shape index (κ2) is 6.44. The summed E-state index contributed by atoms with van der Waals surface area (Å²) in [4.78, 5) is 19.6. The lowest BCUT2D eigenvalue weighted by atomic mass is 9.83. The fraction of sp³-hybridized carbons (Fsp3) is 0.706. The zero-order valence-electron chi connectivity index (χ0n) is 14.0. The van der Waals surface area contributed by atoms with Gasteiger partial charge in [-0.15, -0.1) is 5.10 Å². The highest BCUT2D eigenvalue weighted by Gasteiger charge is 2.38. The summed E-state index contributed by atoms with van der Waals surface area (Å²) in [6.45, 7) is 2.60. The Morgan fingerprint density at radius 3 is 2.88 bits per heavy atom. The van der Waals surface area contributed by atoms with Crippen molar-refractivity contribution < 1.29 is 5.11 Å². The topological polar surface area (TPSA) is 70.7 Å². The fourth-order valence-electron chi connectivity index (χ4n) is 4.17. The van der Waals surface area contributed by atoms with Gasteiger partial charge in [0.15, 0.2) is 0 Å². The lowest BCUT2D eigenvalue weighted by Gasteiger charge is -2.33. The van der Waals surface area contributed by atoms with Gasteiger partial charge in [-0.25, -0.2) is 4.98 Å². The molecule has 130 valence electrons. The highest BCUT2D eigenvalue weighted by Crippen LogP contribution is 2.38. The summed E-state index contributed by atoms with van der Waals surface area (Å²) in [5, 5.41) is 15.6. The summed E-state index contributed by atoms with van der Waals surface area (Å²) < 4.78 is 1.40. The van der Waals surface area contributed by atoms with Crippen LogP contribution in [0.15, 0.2) is 10.9 Å². The van der Waals surface area contributed by atoms with Crippen molar-refractivity contribution in [2.45, 2.75) is 64.0 Å². The molecule has 24 heavy (non-hydrogen) atoms. The summed E-state index contributed by atoms with van der Waals surface area (Å²) in [7, 11) is 0. The van der Waals surface area contributed by atoms with Gasteiger partial charge >= 0.3 is 0 Å². The average Bonchev–Trinajstić information content (AvgIpc) is 3.19. The summed E-state index contributed by atoms with van der Waals surface area (Å²) in [6, 6.07) is 1.90. The Bertz CT molecular complexity index is 780. The standard InChI is InChI=1S/C17H24N4O2S/c1-2-12-8-15(23)21-16(18-12)24-17(19-21)20-10-13(22)9-14(20)11-6-4-3-5-7-11/h8,11,13-14,22H,2-7,9-10H2,1H3/t13-,14-/m1/s1. The molecule has 0 bridgehead atoms. The number of aliphatic hydroxyl groups excluding tert-OH is 1. The van der Waals surface area contributed by atoms with Crippen molar-refractivity contribution in [2.24, 2.45) is 5.92 Å². The van der Waals surface area contributed by atoms with Crippen LogP contribution in [-0.2, 0) is 6.42 Å². The molecule has 6 nitrogen and oxygen atoms in total. The Labute approximate surface area is 145 Å². The molecule has 1 aliphatic carbocycles. The first-order chi connectivity index (χ1) is 11.7. The molecule has 1 saturated carbocycles. The number of hydrogen-bond donors (Lipinski definition) is 1. The molecule has 0 unspecified atom stereocenters. The van der Waals surface area contributed by atoms with Gasteiger partial charge in [0.05, 0.1) is 6.10 Å². The minimum Gasteiger partial charge on any atom is -0.391 e. The van der Waals surface area contributed by atoms with E-state index in [4.69, 9.17) is 0 Å². The molecule has 2 atom stereocenters. The van der Waals surface area contributed by atoms with E-state index in [1.54, 1.807) is 6.07 Å². The van der Waals surface area contributed by atoms with Crippen LogP contribution in [0.3, 0.4) is 0 Å². The molecule has 2 fully saturated rings. The molecular formula is C17H24N4O2S. The number of anilines is 1. The van der Waals surface area contributed by atoms with E-state index in [1.807, 2.05) is 6.92 Å². The molecule has 0 aromatic carbocycles. The number of nitrogens with zero attached hydrogens (tertiary/aromatic N) is 4. The van der Waals surface area contributed by atoms with E-state index in [0.717, 1.165) is 23.7 Å². The molecule has 1 aliphatic heterocycles. The van der Waals surface area contributed by atoms with Crippen LogP contribution in [0.2, 0.25) is 0 Å². The molecule has 0 amide bonds. The number of β-amino-alcohol motifs (C(OH)–C–C–N with tert-alkyl or cyclic N) is 1. The molecule has 3 heterocycles. The van der Waals surface area contributed by atoms with Crippen molar-refractivity contribution in [2.75, 3.05) is 11.4 Å². The van der Waals surface area contributed by atoms with Crippen molar-refractivity contribution in [3.05, 3.63) is 22.1 Å². The molecule has 0 radical (unpaired) electrons. The molecule has 2 aromatic heterocycles. The van der Waals surface area contributed by atoms with Crippen LogP contribution in [0.5, 0.6) is 0 Å². The molecule has 7 heteroatoms. The number of aryl methyl sites for hydroxylation is 1. The third kappa shape index (κ3) is 2.84. The monoisotopic (exact) mass is 348 g/mol. The predicted octanol–water partition coefficient (Wildman–Crippen LogP) is 2.23. The van der Waals surface area contributed by atoms with Gasteiger partial charge in [-0.1, -0.05) is 37.5 Å². The summed E-state index contributed by atoms with van der Waals surface area (Å²) in [5.74, 6) is 0.624. The zero-order chi connectivity index (χ0) is 16.7. The van der Waals surface area contributed by atoms with E-state index in [9.17, 15) is 9.90 Å². The van der Waals surface area contributed by atoms with Gasteiger partial charge in [0.1, 0.15) is 0 Å². The number of fused-ring (bicyclic) bond motifs is 1. The van der Waals surface area contributed by atoms with Crippen LogP contribution >= 0.6 is 11.3 Å². The average molecular weight is 348 g/mol. The van der Waals surface area contributed by atoms with Crippen LogP contribution < -0.4 is 10.5 Å². The van der Waals surface area contributed by atoms with E-state index >= 15 is 0 Å². The maximum absolute atomic E-state index is 12.2. The van der Waals surface area contributed by atoms with Crippen molar-refractivity contribution >= 4 is 21.4 Å². The number of aliphatic hydroxyl groups is 1. The van der Waals surface area contributed by atoms with E-state index in [-0.39, 0.29) is 11.7 Å². The van der Waals surface area contributed by atoms with Gasteiger partial charge in [0.25, 0.3) is 5.56 Å². The number of hydrogen-bond acceptors (Lipinski definition) is 6. The van der Waals surface area contributed by atoms with E-state index in [1.165, 1.54) is 48.0 Å². The quantitative estimate of drug-likeness (QED) is 0.921. The summed E-state index contributed by atoms with van der Waals surface area (Å²) in [6.07, 6.45) is 7.60. The predicted molar refractivity (Wildman–Crippen MR) is 94.8 cm³/mol. The molecule has 1 N–H and O–H groups in total. The smallest absolute Gasteiger partial charge is 0.275 e. The van der Waals surface area contributed by atoms with Gasteiger partial charge in [0.2, 0.25) is 10.1 Å². The maximum atomic E-state index is 12.2. The normalized spacial score (nSPS) is 25.7. The van der Waals surface area contributed by atoms with Crippen molar-refractivity contribution in [1.29, 1.82) is 0 Å². The molecule has 1 saturated heterocycles. The van der Waals surface area contributed by atoms with Crippen molar-refractivity contribution in [1.82, 2.24) is 14.6 Å². The fourth-order valence-corrected chi connectivity index (χ4v) is 5.17. The molecule has 2 aliphatic rings. The minimum atomic E-state index is -0.306. The van der Waals surface area contributed by atoms with Gasteiger partial charge in [0, 0.05) is 24.3 Å². The second-order valence-corrected chi connectivity index (χ2v) is 7.96. The van der Waals surface area contributed by atoms with Gasteiger partial charge in [-0.3, -0.25) is 4.79 Å². The summed E-state index contributed by atoms with van der Waals surface area (Å²) >= 11 is 1.46. The number of rotatable bonds is 3. The highest BCUT2D eigenvalue weighted by atomic mass is 32.1. The molecular weight excluding hydrogens is 324 g/mol. The van der Waals surface area contributed by atoms with Crippen LogP contribution in [0.4, 0.5) is 5.13 Å². The van der Waals surface area contributed by atoms with Crippen LogP contribution in [-0.4, -0.2) is 38.4 Å². The SMILES string of the molecule is CCc1cc(=O)n2nc(N3C[C@H](O)C[C@@H]3C3CCCCC3)sc2n1. The Morgan fingerprint density at radius 1 is 1.33 bits per heavy atom. The first-order valence-electron chi connectivity index (χ1n) is 9.00. The van der Waals surface area contributed by atoms with E-state index in [2.05, 4.69) is 15.0 Å². The third-order valence-corrected chi connectivity index (χ3v) is 6.36. The molecule has 0 spiro atoms. The maximum Gasteiger partial charge on any atom is 0.275 e. The third-order valence-electron chi connectivity index (χ3n) is 5.41. The van der Waals surface area contributed by atoms with E-state index < -0.39 is 0 Å². The van der Waals surface area contributed by atoms with Crippen molar-refractivity contribution in [3.63, 3.8) is 0 Å². The van der Waals surface area contributed by atoms with Crippen LogP contribution in [0.25, 0.3) is 4.96 Å². The van der Waals surface area contributed by atoms with Crippen molar-refractivity contribution in [3.8, 4) is 0 Å². The molecule has 4 rings (SSSR count). The lowest BCUT2D eigenvalue weighted by molar-refractivity contribution is 0.185. The van der Waals surface area contributed by atoms with Gasteiger partial charge in [-0.05, 0) is 31.6 Å². The van der Waals surface area contributed by atoms with E-state index in [0.29, 0.717) is 23.5 Å². The molecule has 2 aromatic rings. The Balaban J connectivity index is 1.69. The Kier molecular flexibility index (Phi) is 4.30. The van der Waals surface area contributed by atoms with Crippen LogP contribution in [0, 0.1) is 5.92 Å². The summed E-state index contributed by atoms with van der Waals surface area (Å²) in [5.41, 5.74) is 0.689.